The average molecular weight is 396 g/mol. The molecule has 0 unspecified atom stereocenters. The van der Waals surface area contributed by atoms with Crippen molar-refractivity contribution in [1.29, 1.82) is 0 Å². The maximum atomic E-state index is 12.0. The van der Waals surface area contributed by atoms with Crippen molar-refractivity contribution in [3.8, 4) is 0 Å². The Morgan fingerprint density at radius 3 is 1.65 bits per heavy atom. The van der Waals surface area contributed by atoms with Gasteiger partial charge < -0.3 is 20.7 Å². The van der Waals surface area contributed by atoms with E-state index >= 15 is 0 Å². The molecule has 1 atom stereocenters. The largest absolute Gasteiger partial charge is 1.00 e. The van der Waals surface area contributed by atoms with Gasteiger partial charge in [0.25, 0.3) is 0 Å². The number of unbranched alkanes of at least 4 members (excludes halogenated alkanes) is 10. The van der Waals surface area contributed by atoms with Crippen molar-refractivity contribution in [3.05, 3.63) is 0 Å². The molecule has 0 aliphatic carbocycles. The third-order valence-electron chi connectivity index (χ3n) is 4.60. The topological polar surface area (TPSA) is 121 Å². The van der Waals surface area contributed by atoms with Crippen LogP contribution in [-0.2, 0) is 14.4 Å². The molecule has 26 heavy (non-hydrogen) atoms. The molecule has 3 N–H and O–H groups in total. The van der Waals surface area contributed by atoms with E-state index in [0.717, 1.165) is 19.3 Å². The molecule has 7 heteroatoms. The first kappa shape index (κ1) is 28.4. The minimum atomic E-state index is -2.18. The molecule has 0 saturated heterocycles. The van der Waals surface area contributed by atoms with Gasteiger partial charge in [0.1, 0.15) is 5.54 Å². The minimum Gasteiger partial charge on any atom is -0.548 e. The van der Waals surface area contributed by atoms with Gasteiger partial charge in [-0.25, -0.2) is 0 Å². The van der Waals surface area contributed by atoms with Crippen LogP contribution in [0.15, 0.2) is 0 Å². The zero-order chi connectivity index (χ0) is 19.1. The quantitative estimate of drug-likeness (QED) is 0.196. The van der Waals surface area contributed by atoms with E-state index in [2.05, 4.69) is 6.92 Å². The number of carboxylic acid groups (broad SMARTS) is 2. The van der Waals surface area contributed by atoms with Gasteiger partial charge >= 0.3 is 57.4 Å². The molecule has 0 spiro atoms. The summed E-state index contributed by atoms with van der Waals surface area (Å²) in [6, 6.07) is 0. The summed E-state index contributed by atoms with van der Waals surface area (Å²) in [6.07, 6.45) is 11.6. The normalized spacial score (nSPS) is 12.8. The zero-order valence-electron chi connectivity index (χ0n) is 16.6. The molecule has 0 bridgehead atoms. The summed E-state index contributed by atoms with van der Waals surface area (Å²) < 4.78 is 0. The molecule has 0 aromatic carbocycles. The van der Waals surface area contributed by atoms with Crippen LogP contribution in [0.1, 0.15) is 96.8 Å². The second-order valence-corrected chi connectivity index (χ2v) is 6.86. The maximum Gasteiger partial charge on any atom is 1.00 e. The summed E-state index contributed by atoms with van der Waals surface area (Å²) >= 11 is 0. The standard InChI is InChI=1S/C19H35NO5.K/c1-2-3-4-5-6-7-8-9-10-11-12-13-16(21)19(20,18(24)25)15-14-17(22)23;/h2-15,20H2,1H3,(H,22,23)(H,24,25);/q;+1/p-1/t19-;/m1./s1. The Balaban J connectivity index is 0. The fourth-order valence-corrected chi connectivity index (χ4v) is 2.83. The first-order chi connectivity index (χ1) is 11.8. The Morgan fingerprint density at radius 2 is 1.27 bits per heavy atom. The van der Waals surface area contributed by atoms with Crippen LogP contribution in [0.2, 0.25) is 0 Å². The fraction of sp³-hybridized carbons (Fsp3) is 0.842. The smallest absolute Gasteiger partial charge is 0.548 e. The van der Waals surface area contributed by atoms with Crippen LogP contribution in [0.4, 0.5) is 0 Å². The molecular formula is C19H34KNO5. The zero-order valence-corrected chi connectivity index (χ0v) is 19.7. The van der Waals surface area contributed by atoms with E-state index in [0.29, 0.717) is 6.42 Å². The molecule has 0 aliphatic heterocycles. The van der Waals surface area contributed by atoms with E-state index in [-0.39, 0.29) is 57.8 Å². The van der Waals surface area contributed by atoms with E-state index < -0.39 is 36.1 Å². The number of aliphatic carboxylic acids is 2. The summed E-state index contributed by atoms with van der Waals surface area (Å²) in [5, 5.41) is 19.8. The van der Waals surface area contributed by atoms with Gasteiger partial charge in [-0.3, -0.25) is 9.59 Å². The Kier molecular flexibility index (Phi) is 18.9. The Bertz CT molecular complexity index is 417. The van der Waals surface area contributed by atoms with Crippen LogP contribution >= 0.6 is 0 Å². The van der Waals surface area contributed by atoms with Crippen LogP contribution in [0.25, 0.3) is 0 Å². The third-order valence-corrected chi connectivity index (χ3v) is 4.60. The monoisotopic (exact) mass is 395 g/mol. The Hall–Kier alpha value is 0.206. The second-order valence-electron chi connectivity index (χ2n) is 6.86. The summed E-state index contributed by atoms with van der Waals surface area (Å²) in [7, 11) is 0. The van der Waals surface area contributed by atoms with E-state index in [1.54, 1.807) is 0 Å². The summed E-state index contributed by atoms with van der Waals surface area (Å²) in [4.78, 5) is 33.7. The molecule has 0 aromatic heterocycles. The van der Waals surface area contributed by atoms with Gasteiger partial charge in [0.2, 0.25) is 0 Å². The molecule has 6 nitrogen and oxygen atoms in total. The third kappa shape index (κ3) is 13.4. The van der Waals surface area contributed by atoms with Crippen LogP contribution < -0.4 is 62.2 Å². The van der Waals surface area contributed by atoms with Crippen molar-refractivity contribution in [2.75, 3.05) is 0 Å². The summed E-state index contributed by atoms with van der Waals surface area (Å²) in [6.45, 7) is 2.21. The van der Waals surface area contributed by atoms with E-state index in [4.69, 9.17) is 10.8 Å². The predicted octanol–water partition coefficient (Wildman–Crippen LogP) is -0.427. The first-order valence-corrected chi connectivity index (χ1v) is 9.60. The predicted molar refractivity (Wildman–Crippen MR) is 94.9 cm³/mol. The number of rotatable bonds is 17. The fourth-order valence-electron chi connectivity index (χ4n) is 2.83. The van der Waals surface area contributed by atoms with Gasteiger partial charge in [-0.1, -0.05) is 71.1 Å². The van der Waals surface area contributed by atoms with E-state index in [9.17, 15) is 19.5 Å². The van der Waals surface area contributed by atoms with E-state index in [1.807, 2.05) is 0 Å². The van der Waals surface area contributed by atoms with Gasteiger partial charge in [0.05, 0.1) is 5.97 Å². The van der Waals surface area contributed by atoms with Crippen LogP contribution in [0.3, 0.4) is 0 Å². The summed E-state index contributed by atoms with van der Waals surface area (Å²) in [5.74, 6) is -3.51. The number of carboxylic acids is 2. The van der Waals surface area contributed by atoms with Gasteiger partial charge in [-0.2, -0.15) is 0 Å². The van der Waals surface area contributed by atoms with Crippen molar-refractivity contribution >= 4 is 17.7 Å². The number of nitrogens with two attached hydrogens (primary N) is 1. The molecule has 0 radical (unpaired) electrons. The number of ketones is 1. The number of hydrogen-bond donors (Lipinski definition) is 2. The van der Waals surface area contributed by atoms with Crippen molar-refractivity contribution in [3.63, 3.8) is 0 Å². The number of carbonyl (C=O) groups excluding carboxylic acids is 2. The summed E-state index contributed by atoms with van der Waals surface area (Å²) in [5.41, 5.74) is 3.40. The van der Waals surface area contributed by atoms with Crippen molar-refractivity contribution in [2.45, 2.75) is 102 Å². The van der Waals surface area contributed by atoms with Crippen LogP contribution in [-0.4, -0.2) is 28.4 Å². The molecule has 0 rings (SSSR count). The molecule has 0 amide bonds. The number of Topliss-reactive ketones (excluding diaryl/α,β-unsaturated/α-hetero) is 1. The second kappa shape index (κ2) is 17.3. The molecule has 0 heterocycles. The van der Waals surface area contributed by atoms with Crippen molar-refractivity contribution < 1.29 is 76.0 Å². The molecule has 146 valence electrons. The van der Waals surface area contributed by atoms with Gasteiger partial charge in [-0.15, -0.1) is 0 Å². The Morgan fingerprint density at radius 1 is 0.846 bits per heavy atom. The first-order valence-electron chi connectivity index (χ1n) is 9.60. The SMILES string of the molecule is CCCCCCCCCCCCCC(=O)[C@](N)(CCC(=O)O)C(=O)[O-].[K+]. The van der Waals surface area contributed by atoms with Crippen molar-refractivity contribution in [1.82, 2.24) is 0 Å². The average Bonchev–Trinajstić information content (AvgIpc) is 2.57. The Labute approximate surface area is 200 Å². The minimum absolute atomic E-state index is 0. The molecule has 0 aliphatic rings. The molecule has 0 saturated carbocycles. The molecule has 0 aromatic rings. The van der Waals surface area contributed by atoms with Crippen LogP contribution in [0, 0.1) is 0 Å². The van der Waals surface area contributed by atoms with Gasteiger partial charge in [0.15, 0.2) is 5.78 Å². The maximum absolute atomic E-state index is 12.0. The van der Waals surface area contributed by atoms with Crippen LogP contribution in [0.5, 0.6) is 0 Å². The molecular weight excluding hydrogens is 361 g/mol. The molecule has 0 fully saturated rings. The van der Waals surface area contributed by atoms with Gasteiger partial charge in [0, 0.05) is 12.8 Å². The van der Waals surface area contributed by atoms with Crippen molar-refractivity contribution in [2.24, 2.45) is 5.73 Å². The van der Waals surface area contributed by atoms with E-state index in [1.165, 1.54) is 44.9 Å². The van der Waals surface area contributed by atoms with Gasteiger partial charge in [-0.05, 0) is 12.8 Å². The number of hydrogen-bond acceptors (Lipinski definition) is 5. The number of carbonyl (C=O) groups is 3.